The smallest absolute Gasteiger partial charge is 0.420 e. The Morgan fingerprint density at radius 1 is 1.17 bits per heavy atom. The van der Waals surface area contributed by atoms with Gasteiger partial charge in [0.1, 0.15) is 5.75 Å². The number of anilines is 1. The number of nitrogens with zero attached hydrogens (tertiary/aromatic N) is 2. The second kappa shape index (κ2) is 7.39. The van der Waals surface area contributed by atoms with Crippen molar-refractivity contribution in [1.82, 2.24) is 9.55 Å². The van der Waals surface area contributed by atoms with Crippen molar-refractivity contribution < 1.29 is 26.3 Å². The summed E-state index contributed by atoms with van der Waals surface area (Å²) in [5.41, 5.74) is -1.17. The van der Waals surface area contributed by atoms with Crippen molar-refractivity contribution in [3.8, 4) is 5.75 Å². The highest BCUT2D eigenvalue weighted by molar-refractivity contribution is 7.92. The molecular formula is C18H16F3N3O4S. The van der Waals surface area contributed by atoms with E-state index in [1.165, 1.54) is 29.1 Å². The average Bonchev–Trinajstić information content (AvgIpc) is 2.66. The van der Waals surface area contributed by atoms with Crippen molar-refractivity contribution in [2.24, 2.45) is 0 Å². The molecule has 0 saturated heterocycles. The molecule has 0 aliphatic heterocycles. The Morgan fingerprint density at radius 2 is 1.90 bits per heavy atom. The zero-order chi connectivity index (χ0) is 21.4. The molecule has 2 aromatic carbocycles. The summed E-state index contributed by atoms with van der Waals surface area (Å²) in [4.78, 5) is 15.8. The van der Waals surface area contributed by atoms with Gasteiger partial charge in [0, 0.05) is 6.54 Å². The van der Waals surface area contributed by atoms with Gasteiger partial charge in [0.05, 0.1) is 40.5 Å². The van der Waals surface area contributed by atoms with Gasteiger partial charge in [-0.1, -0.05) is 0 Å². The highest BCUT2D eigenvalue weighted by Crippen LogP contribution is 2.37. The third-order valence-electron chi connectivity index (χ3n) is 4.20. The summed E-state index contributed by atoms with van der Waals surface area (Å²) in [6.45, 7) is 2.20. The third kappa shape index (κ3) is 4.04. The van der Waals surface area contributed by atoms with Crippen LogP contribution in [0.4, 0.5) is 18.9 Å². The van der Waals surface area contributed by atoms with Gasteiger partial charge in [0.15, 0.2) is 0 Å². The number of halogens is 3. The van der Waals surface area contributed by atoms with Crippen LogP contribution in [0.3, 0.4) is 0 Å². The predicted octanol–water partition coefficient (Wildman–Crippen LogP) is 3.24. The van der Waals surface area contributed by atoms with Crippen LogP contribution in [0.5, 0.6) is 5.75 Å². The summed E-state index contributed by atoms with van der Waals surface area (Å²) in [7, 11) is -3.27. The summed E-state index contributed by atoms with van der Waals surface area (Å²) in [5, 5.41) is 0.293. The fraction of sp³-hybridized carbons (Fsp3) is 0.222. The summed E-state index contributed by atoms with van der Waals surface area (Å²) in [6.07, 6.45) is -3.45. The molecule has 0 aliphatic rings. The molecule has 0 bridgehead atoms. The molecule has 0 aliphatic carbocycles. The van der Waals surface area contributed by atoms with Gasteiger partial charge >= 0.3 is 6.18 Å². The molecule has 0 spiro atoms. The van der Waals surface area contributed by atoms with E-state index in [0.29, 0.717) is 18.0 Å². The number of aromatic nitrogens is 2. The van der Waals surface area contributed by atoms with Gasteiger partial charge in [-0.05, 0) is 43.3 Å². The maximum absolute atomic E-state index is 13.2. The van der Waals surface area contributed by atoms with E-state index in [-0.39, 0.29) is 16.8 Å². The van der Waals surface area contributed by atoms with Gasteiger partial charge in [0.2, 0.25) is 0 Å². The van der Waals surface area contributed by atoms with E-state index in [1.54, 1.807) is 6.92 Å². The molecule has 0 atom stereocenters. The van der Waals surface area contributed by atoms with Crippen LogP contribution < -0.4 is 15.0 Å². The minimum absolute atomic E-state index is 0.0584. The standard InChI is InChI=1S/C18H16F3N3O4S/c1-3-24-10-22-15-8-11(4-6-13(15)17(24)25)23-29(26,27)12-5-7-16(28-2)14(9-12)18(19,20)21/h4-10,23H,3H2,1-2H3. The quantitative estimate of drug-likeness (QED) is 0.675. The normalized spacial score (nSPS) is 12.2. The Hall–Kier alpha value is -3.08. The topological polar surface area (TPSA) is 90.3 Å². The number of benzene rings is 2. The Balaban J connectivity index is 2.00. The number of nitrogens with one attached hydrogen (secondary N) is 1. The fourth-order valence-electron chi connectivity index (χ4n) is 2.74. The molecule has 3 rings (SSSR count). The Bertz CT molecular complexity index is 1240. The van der Waals surface area contributed by atoms with Crippen LogP contribution in [0.25, 0.3) is 10.9 Å². The van der Waals surface area contributed by atoms with Crippen molar-refractivity contribution in [3.05, 3.63) is 58.6 Å². The van der Waals surface area contributed by atoms with Crippen LogP contribution in [0.15, 0.2) is 52.4 Å². The van der Waals surface area contributed by atoms with Gasteiger partial charge in [-0.2, -0.15) is 13.2 Å². The lowest BCUT2D eigenvalue weighted by Crippen LogP contribution is -2.19. The van der Waals surface area contributed by atoms with Gasteiger partial charge < -0.3 is 4.74 Å². The number of hydrogen-bond acceptors (Lipinski definition) is 5. The van der Waals surface area contributed by atoms with Gasteiger partial charge in [-0.3, -0.25) is 14.1 Å². The van der Waals surface area contributed by atoms with Gasteiger partial charge in [-0.15, -0.1) is 0 Å². The van der Waals surface area contributed by atoms with Crippen LogP contribution in [0.2, 0.25) is 0 Å². The maximum atomic E-state index is 13.2. The Labute approximate surface area is 163 Å². The molecule has 0 saturated carbocycles. The molecule has 3 aromatic rings. The van der Waals surface area contributed by atoms with Crippen molar-refractivity contribution in [2.75, 3.05) is 11.8 Å². The molecule has 0 amide bonds. The summed E-state index contributed by atoms with van der Waals surface area (Å²) < 4.78 is 72.9. The van der Waals surface area contributed by atoms with Crippen molar-refractivity contribution in [1.29, 1.82) is 0 Å². The van der Waals surface area contributed by atoms with E-state index < -0.39 is 32.4 Å². The fourth-order valence-corrected chi connectivity index (χ4v) is 3.81. The third-order valence-corrected chi connectivity index (χ3v) is 5.58. The highest BCUT2D eigenvalue weighted by atomic mass is 32.2. The first-order valence-electron chi connectivity index (χ1n) is 8.34. The first kappa shape index (κ1) is 20.6. The molecule has 7 nitrogen and oxygen atoms in total. The summed E-state index contributed by atoms with van der Waals surface area (Å²) in [5.74, 6) is -0.487. The zero-order valence-electron chi connectivity index (χ0n) is 15.3. The van der Waals surface area contributed by atoms with Gasteiger partial charge in [0.25, 0.3) is 15.6 Å². The van der Waals surface area contributed by atoms with Crippen LogP contribution in [0, 0.1) is 0 Å². The number of rotatable bonds is 5. The summed E-state index contributed by atoms with van der Waals surface area (Å²) in [6, 6.07) is 6.53. The van der Waals surface area contributed by atoms with E-state index >= 15 is 0 Å². The minimum Gasteiger partial charge on any atom is -0.496 e. The van der Waals surface area contributed by atoms with E-state index in [4.69, 9.17) is 0 Å². The largest absolute Gasteiger partial charge is 0.496 e. The second-order valence-electron chi connectivity index (χ2n) is 6.03. The number of fused-ring (bicyclic) bond motifs is 1. The molecule has 29 heavy (non-hydrogen) atoms. The molecule has 1 heterocycles. The monoisotopic (exact) mass is 427 g/mol. The van der Waals surface area contributed by atoms with Crippen molar-refractivity contribution >= 4 is 26.6 Å². The lowest BCUT2D eigenvalue weighted by atomic mass is 10.2. The number of aryl methyl sites for hydroxylation is 1. The second-order valence-corrected chi connectivity index (χ2v) is 7.72. The first-order valence-corrected chi connectivity index (χ1v) is 9.82. The number of ether oxygens (including phenoxy) is 1. The number of alkyl halides is 3. The van der Waals surface area contributed by atoms with E-state index in [0.717, 1.165) is 19.2 Å². The predicted molar refractivity (Wildman–Crippen MR) is 100 cm³/mol. The van der Waals surface area contributed by atoms with E-state index in [9.17, 15) is 26.4 Å². The zero-order valence-corrected chi connectivity index (χ0v) is 16.1. The minimum atomic E-state index is -4.79. The Kier molecular flexibility index (Phi) is 5.26. The molecule has 11 heteroatoms. The van der Waals surface area contributed by atoms with Gasteiger partial charge in [-0.25, -0.2) is 13.4 Å². The molecular weight excluding hydrogens is 411 g/mol. The van der Waals surface area contributed by atoms with Crippen molar-refractivity contribution in [2.45, 2.75) is 24.5 Å². The maximum Gasteiger partial charge on any atom is 0.420 e. The molecule has 0 unspecified atom stereocenters. The molecule has 1 N–H and O–H groups in total. The van der Waals surface area contributed by atoms with Crippen LogP contribution in [0.1, 0.15) is 12.5 Å². The highest BCUT2D eigenvalue weighted by Gasteiger charge is 2.35. The number of methoxy groups -OCH3 is 1. The number of hydrogen-bond donors (Lipinski definition) is 1. The molecule has 0 radical (unpaired) electrons. The number of sulfonamides is 1. The van der Waals surface area contributed by atoms with Crippen LogP contribution in [-0.2, 0) is 22.7 Å². The average molecular weight is 427 g/mol. The molecule has 1 aromatic heterocycles. The van der Waals surface area contributed by atoms with Crippen LogP contribution >= 0.6 is 0 Å². The van der Waals surface area contributed by atoms with Crippen LogP contribution in [-0.4, -0.2) is 25.1 Å². The van der Waals surface area contributed by atoms with E-state index in [2.05, 4.69) is 14.4 Å². The molecule has 154 valence electrons. The SMILES string of the molecule is CCn1cnc2cc(NS(=O)(=O)c3ccc(OC)c(C(F)(F)F)c3)ccc2c1=O. The lowest BCUT2D eigenvalue weighted by Gasteiger charge is -2.14. The lowest BCUT2D eigenvalue weighted by molar-refractivity contribution is -0.138. The first-order chi connectivity index (χ1) is 13.6. The van der Waals surface area contributed by atoms with Crippen molar-refractivity contribution in [3.63, 3.8) is 0 Å². The summed E-state index contributed by atoms with van der Waals surface area (Å²) >= 11 is 0. The molecule has 0 fully saturated rings. The Morgan fingerprint density at radius 3 is 2.52 bits per heavy atom. The van der Waals surface area contributed by atoms with E-state index in [1.807, 2.05) is 0 Å².